The Morgan fingerprint density at radius 3 is 2.50 bits per heavy atom. The van der Waals surface area contributed by atoms with Crippen LogP contribution in [0, 0.1) is 5.92 Å². The Kier molecular flexibility index (Phi) is 7.93. The molecule has 0 saturated carbocycles. The van der Waals surface area contributed by atoms with Crippen LogP contribution in [0.2, 0.25) is 0 Å². The number of piperidine rings is 1. The van der Waals surface area contributed by atoms with E-state index < -0.39 is 10.2 Å². The van der Waals surface area contributed by atoms with Crippen LogP contribution in [0.5, 0.6) is 0 Å². The molecular weight excluding hydrogens is 282 g/mol. The number of likely N-dealkylation sites (N-methyl/N-ethyl adjacent to an activating group) is 1. The molecule has 0 radical (unpaired) electrons. The first-order valence-corrected chi connectivity index (χ1v) is 8.48. The fraction of sp³-hybridized carbons (Fsp3) is 1.00. The summed E-state index contributed by atoms with van der Waals surface area (Å²) in [5, 5.41) is 9.04. The Balaban J connectivity index is 2.18. The van der Waals surface area contributed by atoms with Crippen LogP contribution < -0.4 is 4.72 Å². The molecule has 1 aliphatic rings. The smallest absolute Gasteiger partial charge is 0.279 e. The maximum Gasteiger partial charge on any atom is 0.279 e. The average Bonchev–Trinajstić information content (AvgIpc) is 2.42. The van der Waals surface area contributed by atoms with Gasteiger partial charge in [0.2, 0.25) is 0 Å². The molecule has 1 rings (SSSR count). The van der Waals surface area contributed by atoms with Gasteiger partial charge in [-0.15, -0.1) is 0 Å². The van der Waals surface area contributed by atoms with Crippen LogP contribution in [0.15, 0.2) is 0 Å². The fourth-order valence-corrected chi connectivity index (χ4v) is 3.23. The van der Waals surface area contributed by atoms with Crippen molar-refractivity contribution in [1.29, 1.82) is 0 Å². The molecule has 0 amide bonds. The second kappa shape index (κ2) is 8.91. The van der Waals surface area contributed by atoms with Crippen molar-refractivity contribution in [3.63, 3.8) is 0 Å². The molecule has 0 aliphatic carbocycles. The van der Waals surface area contributed by atoms with Crippen LogP contribution in [0.4, 0.5) is 0 Å². The van der Waals surface area contributed by atoms with Gasteiger partial charge in [-0.3, -0.25) is 0 Å². The molecule has 1 saturated heterocycles. The Labute approximate surface area is 122 Å². The molecule has 0 aromatic carbocycles. The van der Waals surface area contributed by atoms with Gasteiger partial charge >= 0.3 is 0 Å². The number of nitrogens with zero attached hydrogens (tertiary/aromatic N) is 2. The second-order valence-corrected chi connectivity index (χ2v) is 7.10. The number of ether oxygens (including phenoxy) is 1. The number of hydrogen-bond donors (Lipinski definition) is 2. The largest absolute Gasteiger partial charge is 0.396 e. The van der Waals surface area contributed by atoms with Gasteiger partial charge in [0.25, 0.3) is 10.2 Å². The van der Waals surface area contributed by atoms with Crippen LogP contribution in [-0.4, -0.2) is 82.8 Å². The van der Waals surface area contributed by atoms with Crippen LogP contribution >= 0.6 is 0 Å². The van der Waals surface area contributed by atoms with Gasteiger partial charge in [-0.25, -0.2) is 0 Å². The summed E-state index contributed by atoms with van der Waals surface area (Å²) in [6.07, 6.45) is 1.44. The third-order valence-electron chi connectivity index (χ3n) is 3.39. The van der Waals surface area contributed by atoms with E-state index in [1.165, 1.54) is 4.31 Å². The molecule has 8 heteroatoms. The summed E-state index contributed by atoms with van der Waals surface area (Å²) < 4.78 is 33.4. The molecule has 20 heavy (non-hydrogen) atoms. The zero-order chi connectivity index (χ0) is 15.0. The number of nitrogens with one attached hydrogen (secondary N) is 1. The number of hydrogen-bond acceptors (Lipinski definition) is 5. The lowest BCUT2D eigenvalue weighted by Gasteiger charge is -2.30. The Bertz CT molecular complexity index is 354. The van der Waals surface area contributed by atoms with Crippen molar-refractivity contribution in [3.05, 3.63) is 0 Å². The molecule has 1 fully saturated rings. The van der Waals surface area contributed by atoms with Crippen molar-refractivity contribution in [2.24, 2.45) is 5.92 Å². The van der Waals surface area contributed by atoms with E-state index >= 15 is 0 Å². The predicted molar refractivity (Wildman–Crippen MR) is 77.7 cm³/mol. The van der Waals surface area contributed by atoms with E-state index in [2.05, 4.69) is 4.72 Å². The van der Waals surface area contributed by atoms with E-state index in [1.807, 2.05) is 19.0 Å². The first-order chi connectivity index (χ1) is 9.45. The summed E-state index contributed by atoms with van der Waals surface area (Å²) in [7, 11) is 0.514. The Hall–Kier alpha value is -0.250. The lowest BCUT2D eigenvalue weighted by Crippen LogP contribution is -2.46. The highest BCUT2D eigenvalue weighted by molar-refractivity contribution is 7.87. The van der Waals surface area contributed by atoms with Gasteiger partial charge in [-0.1, -0.05) is 0 Å². The van der Waals surface area contributed by atoms with E-state index in [4.69, 9.17) is 9.84 Å². The maximum atomic E-state index is 12.0. The molecule has 0 atom stereocenters. The van der Waals surface area contributed by atoms with Gasteiger partial charge in [0.1, 0.15) is 0 Å². The summed E-state index contributed by atoms with van der Waals surface area (Å²) >= 11 is 0. The minimum atomic E-state index is -3.41. The van der Waals surface area contributed by atoms with E-state index in [0.29, 0.717) is 26.3 Å². The number of aliphatic hydroxyl groups excluding tert-OH is 1. The minimum Gasteiger partial charge on any atom is -0.396 e. The molecule has 1 heterocycles. The van der Waals surface area contributed by atoms with Gasteiger partial charge in [0, 0.05) is 32.8 Å². The van der Waals surface area contributed by atoms with Gasteiger partial charge < -0.3 is 14.7 Å². The number of rotatable bonds is 9. The highest BCUT2D eigenvalue weighted by Gasteiger charge is 2.27. The van der Waals surface area contributed by atoms with E-state index in [1.54, 1.807) is 0 Å². The second-order valence-electron chi connectivity index (χ2n) is 5.34. The van der Waals surface area contributed by atoms with Crippen molar-refractivity contribution in [1.82, 2.24) is 13.9 Å². The van der Waals surface area contributed by atoms with E-state index in [9.17, 15) is 8.42 Å². The molecular formula is C12H27N3O4S. The van der Waals surface area contributed by atoms with Gasteiger partial charge in [0.15, 0.2) is 0 Å². The summed E-state index contributed by atoms with van der Waals surface area (Å²) in [5.74, 6) is 0.232. The highest BCUT2D eigenvalue weighted by Crippen LogP contribution is 2.18. The third-order valence-corrected chi connectivity index (χ3v) is 5.00. The SMILES string of the molecule is CN(C)CCOCCNS(=O)(=O)N1CCC(CO)CC1. The van der Waals surface area contributed by atoms with Crippen molar-refractivity contribution in [2.75, 3.05) is 60.1 Å². The minimum absolute atomic E-state index is 0.140. The van der Waals surface area contributed by atoms with Crippen LogP contribution in [0.1, 0.15) is 12.8 Å². The lowest BCUT2D eigenvalue weighted by atomic mass is 10.00. The normalized spacial score (nSPS) is 18.8. The molecule has 120 valence electrons. The van der Waals surface area contributed by atoms with Gasteiger partial charge in [0.05, 0.1) is 13.2 Å². The zero-order valence-electron chi connectivity index (χ0n) is 12.4. The molecule has 0 spiro atoms. The van der Waals surface area contributed by atoms with Crippen molar-refractivity contribution < 1.29 is 18.3 Å². The van der Waals surface area contributed by atoms with Gasteiger partial charge in [-0.05, 0) is 32.9 Å². The van der Waals surface area contributed by atoms with Crippen molar-refractivity contribution in [3.8, 4) is 0 Å². The maximum absolute atomic E-state index is 12.0. The first kappa shape index (κ1) is 17.8. The molecule has 0 aromatic heterocycles. The summed E-state index contributed by atoms with van der Waals surface area (Å²) in [4.78, 5) is 2.01. The van der Waals surface area contributed by atoms with Crippen LogP contribution in [0.3, 0.4) is 0 Å². The molecule has 0 aromatic rings. The van der Waals surface area contributed by atoms with Crippen molar-refractivity contribution in [2.45, 2.75) is 12.8 Å². The molecule has 7 nitrogen and oxygen atoms in total. The summed E-state index contributed by atoms with van der Waals surface area (Å²) in [6, 6.07) is 0. The zero-order valence-corrected chi connectivity index (χ0v) is 13.2. The van der Waals surface area contributed by atoms with Crippen LogP contribution in [0.25, 0.3) is 0 Å². The molecule has 2 N–H and O–H groups in total. The van der Waals surface area contributed by atoms with Crippen molar-refractivity contribution >= 4 is 10.2 Å². The average molecular weight is 309 g/mol. The monoisotopic (exact) mass is 309 g/mol. The number of aliphatic hydroxyl groups is 1. The molecule has 1 aliphatic heterocycles. The predicted octanol–water partition coefficient (Wildman–Crippen LogP) is -0.897. The van der Waals surface area contributed by atoms with E-state index in [0.717, 1.165) is 19.4 Å². The highest BCUT2D eigenvalue weighted by atomic mass is 32.2. The first-order valence-electron chi connectivity index (χ1n) is 7.04. The Morgan fingerprint density at radius 1 is 1.30 bits per heavy atom. The standard InChI is InChI=1S/C12H27N3O4S/c1-14(2)8-10-19-9-5-13-20(17,18)15-6-3-12(11-16)4-7-15/h12-13,16H,3-11H2,1-2H3. The summed E-state index contributed by atoms with van der Waals surface area (Å²) in [6.45, 7) is 3.17. The molecule has 0 unspecified atom stereocenters. The fourth-order valence-electron chi connectivity index (χ4n) is 2.02. The topological polar surface area (TPSA) is 82.1 Å². The van der Waals surface area contributed by atoms with Crippen LogP contribution in [-0.2, 0) is 14.9 Å². The third kappa shape index (κ3) is 6.47. The lowest BCUT2D eigenvalue weighted by molar-refractivity contribution is 0.121. The molecule has 0 bridgehead atoms. The van der Waals surface area contributed by atoms with Gasteiger partial charge in [-0.2, -0.15) is 17.4 Å². The summed E-state index contributed by atoms with van der Waals surface area (Å²) in [5.41, 5.74) is 0. The van der Waals surface area contributed by atoms with E-state index in [-0.39, 0.29) is 19.1 Å². The Morgan fingerprint density at radius 2 is 1.95 bits per heavy atom. The quantitative estimate of drug-likeness (QED) is 0.540.